The normalized spacial score (nSPS) is 13.5. The molecule has 1 atom stereocenters. The third kappa shape index (κ3) is 5.24. The van der Waals surface area contributed by atoms with Crippen molar-refractivity contribution in [3.8, 4) is 5.75 Å². The standard InChI is InChI=1S/C19H31NO3/c1-7-9-11-23-17-14(3)12-16(13-15(17)4)20-18(21)19(5,22-6)10-8-2/h12-13H,7-11H2,1-6H3,(H,20,21)/t19-/m0/s1. The number of hydrogen-bond acceptors (Lipinski definition) is 3. The Morgan fingerprint density at radius 2 is 1.78 bits per heavy atom. The minimum Gasteiger partial charge on any atom is -0.493 e. The lowest BCUT2D eigenvalue weighted by Gasteiger charge is -2.26. The van der Waals surface area contributed by atoms with Gasteiger partial charge in [0.1, 0.15) is 11.4 Å². The van der Waals surface area contributed by atoms with Gasteiger partial charge in [0.05, 0.1) is 6.61 Å². The summed E-state index contributed by atoms with van der Waals surface area (Å²) in [4.78, 5) is 12.5. The number of rotatable bonds is 9. The number of carbonyl (C=O) groups excluding carboxylic acids is 1. The van der Waals surface area contributed by atoms with Crippen LogP contribution in [-0.2, 0) is 9.53 Å². The Balaban J connectivity index is 2.88. The van der Waals surface area contributed by atoms with Crippen LogP contribution in [0.25, 0.3) is 0 Å². The molecule has 1 aromatic rings. The smallest absolute Gasteiger partial charge is 0.256 e. The summed E-state index contributed by atoms with van der Waals surface area (Å²) in [6, 6.07) is 3.91. The van der Waals surface area contributed by atoms with Crippen LogP contribution >= 0.6 is 0 Å². The van der Waals surface area contributed by atoms with Crippen molar-refractivity contribution in [1.29, 1.82) is 0 Å². The number of aryl methyl sites for hydroxylation is 2. The summed E-state index contributed by atoms with van der Waals surface area (Å²) < 4.78 is 11.3. The Morgan fingerprint density at radius 3 is 2.26 bits per heavy atom. The van der Waals surface area contributed by atoms with Crippen LogP contribution in [0.3, 0.4) is 0 Å². The monoisotopic (exact) mass is 321 g/mol. The van der Waals surface area contributed by atoms with Crippen molar-refractivity contribution in [2.45, 2.75) is 65.9 Å². The molecule has 4 nitrogen and oxygen atoms in total. The van der Waals surface area contributed by atoms with E-state index in [0.717, 1.165) is 48.4 Å². The molecule has 0 aliphatic rings. The molecule has 0 aliphatic carbocycles. The molecule has 0 saturated carbocycles. The van der Waals surface area contributed by atoms with E-state index in [9.17, 15) is 4.79 Å². The molecule has 0 heterocycles. The van der Waals surface area contributed by atoms with Gasteiger partial charge in [0.2, 0.25) is 0 Å². The van der Waals surface area contributed by atoms with E-state index < -0.39 is 5.60 Å². The van der Waals surface area contributed by atoms with E-state index in [4.69, 9.17) is 9.47 Å². The van der Waals surface area contributed by atoms with Gasteiger partial charge in [0.25, 0.3) is 5.91 Å². The molecule has 1 amide bonds. The molecule has 130 valence electrons. The second kappa shape index (κ2) is 8.92. The van der Waals surface area contributed by atoms with E-state index in [-0.39, 0.29) is 5.91 Å². The van der Waals surface area contributed by atoms with Crippen molar-refractivity contribution >= 4 is 11.6 Å². The number of hydrogen-bond donors (Lipinski definition) is 1. The van der Waals surface area contributed by atoms with Crippen molar-refractivity contribution in [2.75, 3.05) is 19.0 Å². The van der Waals surface area contributed by atoms with Gasteiger partial charge in [-0.3, -0.25) is 4.79 Å². The van der Waals surface area contributed by atoms with Crippen molar-refractivity contribution < 1.29 is 14.3 Å². The van der Waals surface area contributed by atoms with Crippen molar-refractivity contribution in [1.82, 2.24) is 0 Å². The van der Waals surface area contributed by atoms with Gasteiger partial charge in [-0.2, -0.15) is 0 Å². The van der Waals surface area contributed by atoms with Crippen LogP contribution < -0.4 is 10.1 Å². The van der Waals surface area contributed by atoms with Gasteiger partial charge in [-0.25, -0.2) is 0 Å². The minimum absolute atomic E-state index is 0.111. The molecule has 1 N–H and O–H groups in total. The lowest BCUT2D eigenvalue weighted by atomic mass is 9.99. The highest BCUT2D eigenvalue weighted by atomic mass is 16.5. The largest absolute Gasteiger partial charge is 0.493 e. The maximum Gasteiger partial charge on any atom is 0.256 e. The first-order valence-corrected chi connectivity index (χ1v) is 8.48. The zero-order chi connectivity index (χ0) is 17.5. The molecule has 0 fully saturated rings. The molecule has 0 spiro atoms. The van der Waals surface area contributed by atoms with Gasteiger partial charge in [-0.1, -0.05) is 26.7 Å². The van der Waals surface area contributed by atoms with Crippen LogP contribution in [-0.4, -0.2) is 25.2 Å². The van der Waals surface area contributed by atoms with Crippen LogP contribution in [0.4, 0.5) is 5.69 Å². The Bertz CT molecular complexity index is 504. The van der Waals surface area contributed by atoms with E-state index in [1.807, 2.05) is 39.8 Å². The summed E-state index contributed by atoms with van der Waals surface area (Å²) >= 11 is 0. The number of benzene rings is 1. The van der Waals surface area contributed by atoms with Gasteiger partial charge in [-0.05, 0) is 56.9 Å². The molecule has 1 aromatic carbocycles. The van der Waals surface area contributed by atoms with E-state index >= 15 is 0 Å². The average molecular weight is 321 g/mol. The second-order valence-electron chi connectivity index (χ2n) is 6.28. The Labute approximate surface area is 140 Å². The molecule has 0 aromatic heterocycles. The number of nitrogens with one attached hydrogen (secondary N) is 1. The fourth-order valence-electron chi connectivity index (χ4n) is 2.62. The van der Waals surface area contributed by atoms with Gasteiger partial charge in [-0.15, -0.1) is 0 Å². The van der Waals surface area contributed by atoms with Gasteiger partial charge in [0.15, 0.2) is 0 Å². The molecule has 0 radical (unpaired) electrons. The number of carbonyl (C=O) groups is 1. The van der Waals surface area contributed by atoms with E-state index in [0.29, 0.717) is 6.42 Å². The fraction of sp³-hybridized carbons (Fsp3) is 0.632. The number of amides is 1. The molecule has 1 rings (SSSR count). The zero-order valence-electron chi connectivity index (χ0n) is 15.4. The Kier molecular flexibility index (Phi) is 7.56. The first-order valence-electron chi connectivity index (χ1n) is 8.48. The van der Waals surface area contributed by atoms with Crippen LogP contribution in [0.15, 0.2) is 12.1 Å². The lowest BCUT2D eigenvalue weighted by molar-refractivity contribution is -0.136. The zero-order valence-corrected chi connectivity index (χ0v) is 15.4. The number of methoxy groups -OCH3 is 1. The predicted octanol–water partition coefficient (Wildman–Crippen LogP) is 4.63. The third-order valence-electron chi connectivity index (χ3n) is 4.12. The summed E-state index contributed by atoms with van der Waals surface area (Å²) in [5.74, 6) is 0.805. The summed E-state index contributed by atoms with van der Waals surface area (Å²) in [5.41, 5.74) is 2.05. The summed E-state index contributed by atoms with van der Waals surface area (Å²) in [6.07, 6.45) is 3.73. The topological polar surface area (TPSA) is 47.6 Å². The molecule has 0 saturated heterocycles. The van der Waals surface area contributed by atoms with Crippen LogP contribution in [0.5, 0.6) is 5.75 Å². The molecule has 23 heavy (non-hydrogen) atoms. The predicted molar refractivity (Wildman–Crippen MR) is 95.3 cm³/mol. The van der Waals surface area contributed by atoms with E-state index in [1.165, 1.54) is 0 Å². The van der Waals surface area contributed by atoms with Gasteiger partial charge >= 0.3 is 0 Å². The second-order valence-corrected chi connectivity index (χ2v) is 6.28. The molecular weight excluding hydrogens is 290 g/mol. The highest BCUT2D eigenvalue weighted by Crippen LogP contribution is 2.28. The van der Waals surface area contributed by atoms with Crippen LogP contribution in [0, 0.1) is 13.8 Å². The highest BCUT2D eigenvalue weighted by molar-refractivity contribution is 5.97. The third-order valence-corrected chi connectivity index (χ3v) is 4.12. The van der Waals surface area contributed by atoms with Gasteiger partial charge in [0, 0.05) is 12.8 Å². The number of ether oxygens (including phenoxy) is 2. The summed E-state index contributed by atoms with van der Waals surface area (Å²) in [5, 5.41) is 2.97. The summed E-state index contributed by atoms with van der Waals surface area (Å²) in [7, 11) is 1.58. The quantitative estimate of drug-likeness (QED) is 0.675. The molecule has 4 heteroatoms. The first kappa shape index (κ1) is 19.5. The van der Waals surface area contributed by atoms with E-state index in [2.05, 4.69) is 12.2 Å². The van der Waals surface area contributed by atoms with Crippen LogP contribution in [0.2, 0.25) is 0 Å². The fourth-order valence-corrected chi connectivity index (χ4v) is 2.62. The SMILES string of the molecule is CCCCOc1c(C)cc(NC(=O)[C@](C)(CCC)OC)cc1C. The van der Waals surface area contributed by atoms with Crippen molar-refractivity contribution in [2.24, 2.45) is 0 Å². The summed E-state index contributed by atoms with van der Waals surface area (Å²) in [6.45, 7) is 10.7. The number of anilines is 1. The van der Waals surface area contributed by atoms with Crippen molar-refractivity contribution in [3.05, 3.63) is 23.3 Å². The minimum atomic E-state index is -0.799. The molecular formula is C19H31NO3. The van der Waals surface area contributed by atoms with E-state index in [1.54, 1.807) is 7.11 Å². The average Bonchev–Trinajstić information content (AvgIpc) is 2.50. The molecule has 0 aliphatic heterocycles. The maximum atomic E-state index is 12.5. The Morgan fingerprint density at radius 1 is 1.17 bits per heavy atom. The van der Waals surface area contributed by atoms with Crippen molar-refractivity contribution in [3.63, 3.8) is 0 Å². The Hall–Kier alpha value is -1.55. The maximum absolute atomic E-state index is 12.5. The highest BCUT2D eigenvalue weighted by Gasteiger charge is 2.32. The molecule has 0 unspecified atom stereocenters. The van der Waals surface area contributed by atoms with Crippen LogP contribution in [0.1, 0.15) is 57.6 Å². The number of unbranched alkanes of at least 4 members (excludes halogenated alkanes) is 1. The lowest BCUT2D eigenvalue weighted by Crippen LogP contribution is -2.41. The molecule has 0 bridgehead atoms. The van der Waals surface area contributed by atoms with Gasteiger partial charge < -0.3 is 14.8 Å². The first-order chi connectivity index (χ1) is 10.9.